The topological polar surface area (TPSA) is 59.0 Å². The number of carbonyl (C=O) groups excluding carboxylic acids is 1. The number of carbonyl (C=O) groups is 1. The third kappa shape index (κ3) is 3.71. The van der Waals surface area contributed by atoms with Gasteiger partial charge in [0.2, 0.25) is 0 Å². The molecule has 0 saturated carbocycles. The lowest BCUT2D eigenvalue weighted by Crippen LogP contribution is -2.35. The highest BCUT2D eigenvalue weighted by atomic mass is 16.5. The fourth-order valence-electron chi connectivity index (χ4n) is 2.30. The van der Waals surface area contributed by atoms with Gasteiger partial charge in [0, 0.05) is 13.1 Å². The molecule has 1 fully saturated rings. The summed E-state index contributed by atoms with van der Waals surface area (Å²) in [6.07, 6.45) is 0.901. The minimum Gasteiger partial charge on any atom is -0.490 e. The summed E-state index contributed by atoms with van der Waals surface area (Å²) in [6, 6.07) is 6.99. The van der Waals surface area contributed by atoms with E-state index in [9.17, 15) is 9.90 Å². The van der Waals surface area contributed by atoms with Crippen LogP contribution in [0.1, 0.15) is 24.5 Å². The number of hydrogen-bond acceptors (Lipinski definition) is 5. The van der Waals surface area contributed by atoms with Gasteiger partial charge < -0.3 is 19.5 Å². The maximum absolute atomic E-state index is 11.3. The molecule has 1 N–H and O–H groups in total. The Kier molecular flexibility index (Phi) is 4.98. The normalized spacial score (nSPS) is 18.6. The van der Waals surface area contributed by atoms with Crippen LogP contribution in [-0.4, -0.2) is 49.3 Å². The van der Waals surface area contributed by atoms with E-state index in [1.807, 2.05) is 6.07 Å². The van der Waals surface area contributed by atoms with E-state index in [1.54, 1.807) is 18.2 Å². The fourth-order valence-corrected chi connectivity index (χ4v) is 2.30. The summed E-state index contributed by atoms with van der Waals surface area (Å²) in [5, 5.41) is 9.82. The molecule has 0 bridgehead atoms. The van der Waals surface area contributed by atoms with Gasteiger partial charge in [0.25, 0.3) is 0 Å². The summed E-state index contributed by atoms with van der Waals surface area (Å²) >= 11 is 0. The first-order valence-corrected chi connectivity index (χ1v) is 6.81. The van der Waals surface area contributed by atoms with E-state index < -0.39 is 12.1 Å². The van der Waals surface area contributed by atoms with Gasteiger partial charge in [-0.3, -0.25) is 0 Å². The standard InChI is InChI=1S/C15H21NO4/c1-16-8-6-12(7-9-16)20-13-5-3-4-11(10-13)14(17)15(18)19-2/h3-5,10,12,14,17H,6-9H2,1-2H3. The van der Waals surface area contributed by atoms with E-state index in [4.69, 9.17) is 4.74 Å². The van der Waals surface area contributed by atoms with E-state index >= 15 is 0 Å². The minimum absolute atomic E-state index is 0.191. The van der Waals surface area contributed by atoms with E-state index in [-0.39, 0.29) is 6.10 Å². The Labute approximate surface area is 119 Å². The summed E-state index contributed by atoms with van der Waals surface area (Å²) < 4.78 is 10.5. The Morgan fingerprint density at radius 1 is 1.40 bits per heavy atom. The van der Waals surface area contributed by atoms with Crippen molar-refractivity contribution in [2.24, 2.45) is 0 Å². The van der Waals surface area contributed by atoms with Crippen molar-refractivity contribution in [3.8, 4) is 5.75 Å². The Bertz CT molecular complexity index is 455. The molecule has 1 aliphatic rings. The number of rotatable bonds is 4. The van der Waals surface area contributed by atoms with Crippen LogP contribution in [0, 0.1) is 0 Å². The van der Waals surface area contributed by atoms with Crippen molar-refractivity contribution in [1.82, 2.24) is 4.90 Å². The number of likely N-dealkylation sites (tertiary alicyclic amines) is 1. The fraction of sp³-hybridized carbons (Fsp3) is 0.533. The van der Waals surface area contributed by atoms with Crippen LogP contribution in [0.2, 0.25) is 0 Å². The predicted molar refractivity (Wildman–Crippen MR) is 74.6 cm³/mol. The van der Waals surface area contributed by atoms with Gasteiger partial charge in [0.15, 0.2) is 6.10 Å². The largest absolute Gasteiger partial charge is 0.490 e. The molecule has 0 spiro atoms. The summed E-state index contributed by atoms with van der Waals surface area (Å²) in [6.45, 7) is 2.05. The Morgan fingerprint density at radius 2 is 2.10 bits per heavy atom. The third-order valence-corrected chi connectivity index (χ3v) is 3.57. The average molecular weight is 279 g/mol. The van der Waals surface area contributed by atoms with Crippen LogP contribution >= 0.6 is 0 Å². The van der Waals surface area contributed by atoms with Gasteiger partial charge in [-0.25, -0.2) is 4.79 Å². The Hall–Kier alpha value is -1.59. The summed E-state index contributed by atoms with van der Waals surface area (Å²) in [4.78, 5) is 13.6. The quantitative estimate of drug-likeness (QED) is 0.843. The van der Waals surface area contributed by atoms with Gasteiger partial charge in [-0.05, 0) is 37.6 Å². The van der Waals surface area contributed by atoms with Crippen molar-refractivity contribution in [2.75, 3.05) is 27.2 Å². The molecule has 1 aromatic rings. The van der Waals surface area contributed by atoms with Crippen LogP contribution in [-0.2, 0) is 9.53 Å². The van der Waals surface area contributed by atoms with E-state index in [1.165, 1.54) is 7.11 Å². The molecule has 5 nitrogen and oxygen atoms in total. The van der Waals surface area contributed by atoms with Crippen LogP contribution < -0.4 is 4.74 Å². The second-order valence-corrected chi connectivity index (χ2v) is 5.12. The highest BCUT2D eigenvalue weighted by Crippen LogP contribution is 2.23. The highest BCUT2D eigenvalue weighted by Gasteiger charge is 2.20. The number of aliphatic hydroxyl groups is 1. The molecule has 1 unspecified atom stereocenters. The number of piperidine rings is 1. The number of hydrogen-bond donors (Lipinski definition) is 1. The first-order chi connectivity index (χ1) is 9.60. The second kappa shape index (κ2) is 6.72. The first-order valence-electron chi connectivity index (χ1n) is 6.81. The molecule has 1 saturated heterocycles. The van der Waals surface area contributed by atoms with Gasteiger partial charge in [0.05, 0.1) is 7.11 Å². The molecule has 1 atom stereocenters. The van der Waals surface area contributed by atoms with Gasteiger partial charge in [-0.15, -0.1) is 0 Å². The first kappa shape index (κ1) is 14.8. The number of benzene rings is 1. The number of esters is 1. The molecule has 1 aromatic carbocycles. The van der Waals surface area contributed by atoms with Crippen molar-refractivity contribution >= 4 is 5.97 Å². The summed E-state index contributed by atoms with van der Waals surface area (Å²) in [5.41, 5.74) is 0.488. The lowest BCUT2D eigenvalue weighted by molar-refractivity contribution is -0.150. The molecule has 0 aromatic heterocycles. The van der Waals surface area contributed by atoms with E-state index in [0.717, 1.165) is 25.9 Å². The van der Waals surface area contributed by atoms with Crippen LogP contribution in [0.3, 0.4) is 0 Å². The van der Waals surface area contributed by atoms with Gasteiger partial charge in [0.1, 0.15) is 11.9 Å². The Morgan fingerprint density at radius 3 is 2.75 bits per heavy atom. The molecular formula is C15H21NO4. The number of aliphatic hydroxyl groups excluding tert-OH is 1. The van der Waals surface area contributed by atoms with Gasteiger partial charge >= 0.3 is 5.97 Å². The summed E-state index contributed by atoms with van der Waals surface area (Å²) in [7, 11) is 3.36. The van der Waals surface area contributed by atoms with Crippen LogP contribution in [0.5, 0.6) is 5.75 Å². The van der Waals surface area contributed by atoms with Crippen molar-refractivity contribution in [3.05, 3.63) is 29.8 Å². The maximum atomic E-state index is 11.3. The third-order valence-electron chi connectivity index (χ3n) is 3.57. The zero-order valence-electron chi connectivity index (χ0n) is 11.9. The molecular weight excluding hydrogens is 258 g/mol. The second-order valence-electron chi connectivity index (χ2n) is 5.12. The van der Waals surface area contributed by atoms with Crippen molar-refractivity contribution in [2.45, 2.75) is 25.0 Å². The minimum atomic E-state index is -1.26. The zero-order valence-corrected chi connectivity index (χ0v) is 11.9. The van der Waals surface area contributed by atoms with Crippen molar-refractivity contribution in [3.63, 3.8) is 0 Å². The van der Waals surface area contributed by atoms with E-state index in [0.29, 0.717) is 11.3 Å². The van der Waals surface area contributed by atoms with Crippen molar-refractivity contribution in [1.29, 1.82) is 0 Å². The lowest BCUT2D eigenvalue weighted by Gasteiger charge is -2.29. The summed E-state index contributed by atoms with van der Waals surface area (Å²) in [5.74, 6) is 0.0152. The highest BCUT2D eigenvalue weighted by molar-refractivity contribution is 5.76. The predicted octanol–water partition coefficient (Wildman–Crippen LogP) is 1.37. The Balaban J connectivity index is 2.01. The van der Waals surface area contributed by atoms with Crippen LogP contribution in [0.4, 0.5) is 0 Å². The van der Waals surface area contributed by atoms with Crippen LogP contribution in [0.15, 0.2) is 24.3 Å². The smallest absolute Gasteiger partial charge is 0.339 e. The average Bonchev–Trinajstić information content (AvgIpc) is 2.48. The molecule has 0 amide bonds. The lowest BCUT2D eigenvalue weighted by atomic mass is 10.1. The molecule has 1 heterocycles. The van der Waals surface area contributed by atoms with Gasteiger partial charge in [-0.2, -0.15) is 0 Å². The van der Waals surface area contributed by atoms with E-state index in [2.05, 4.69) is 16.7 Å². The molecule has 0 radical (unpaired) electrons. The molecule has 2 rings (SSSR count). The van der Waals surface area contributed by atoms with Gasteiger partial charge in [-0.1, -0.05) is 12.1 Å². The molecule has 110 valence electrons. The number of ether oxygens (including phenoxy) is 2. The van der Waals surface area contributed by atoms with Crippen LogP contribution in [0.25, 0.3) is 0 Å². The molecule has 1 aliphatic heterocycles. The SMILES string of the molecule is COC(=O)C(O)c1cccc(OC2CCN(C)CC2)c1. The monoisotopic (exact) mass is 279 g/mol. The molecule has 20 heavy (non-hydrogen) atoms. The maximum Gasteiger partial charge on any atom is 0.339 e. The zero-order chi connectivity index (χ0) is 14.5. The molecule has 5 heteroatoms. The number of nitrogens with zero attached hydrogens (tertiary/aromatic N) is 1. The molecule has 0 aliphatic carbocycles. The van der Waals surface area contributed by atoms with Crippen molar-refractivity contribution < 1.29 is 19.4 Å². The number of methoxy groups -OCH3 is 1.